The van der Waals surface area contributed by atoms with Gasteiger partial charge in [0.15, 0.2) is 0 Å². The molecule has 6 heteroatoms. The van der Waals surface area contributed by atoms with Crippen molar-refractivity contribution in [3.8, 4) is 5.75 Å². The van der Waals surface area contributed by atoms with E-state index in [0.29, 0.717) is 24.7 Å². The Morgan fingerprint density at radius 1 is 1.26 bits per heavy atom. The van der Waals surface area contributed by atoms with Crippen LogP contribution in [0.4, 0.5) is 0 Å². The highest BCUT2D eigenvalue weighted by atomic mass is 32.2. The second kappa shape index (κ2) is 8.15. The number of benzene rings is 1. The van der Waals surface area contributed by atoms with Gasteiger partial charge < -0.3 is 13.7 Å². The van der Waals surface area contributed by atoms with Crippen LogP contribution in [-0.2, 0) is 25.3 Å². The van der Waals surface area contributed by atoms with E-state index in [-0.39, 0.29) is 5.76 Å². The first-order valence-corrected chi connectivity index (χ1v) is 9.09. The molecule has 0 amide bonds. The number of ether oxygens (including phenoxy) is 2. The minimum absolute atomic E-state index is 0.273. The normalized spacial score (nSPS) is 16.3. The molecule has 1 atom stereocenters. The van der Waals surface area contributed by atoms with Crippen molar-refractivity contribution in [3.05, 3.63) is 35.6 Å². The summed E-state index contributed by atoms with van der Waals surface area (Å²) >= 11 is -1.37. The maximum atomic E-state index is 12.1. The molecule has 1 unspecified atom stereocenters. The van der Waals surface area contributed by atoms with E-state index < -0.39 is 17.0 Å². The lowest BCUT2D eigenvalue weighted by Gasteiger charge is -2.14. The third kappa shape index (κ3) is 5.10. The summed E-state index contributed by atoms with van der Waals surface area (Å²) < 4.78 is 26.8. The van der Waals surface area contributed by atoms with Gasteiger partial charge in [0.25, 0.3) is 0 Å². The Hall–Kier alpha value is -1.82. The molecule has 0 saturated heterocycles. The van der Waals surface area contributed by atoms with E-state index in [1.807, 2.05) is 19.1 Å². The Bertz CT molecular complexity index is 602. The van der Waals surface area contributed by atoms with Gasteiger partial charge in [0, 0.05) is 11.8 Å². The number of carbonyl (C=O) groups excluding carboxylic acids is 1. The van der Waals surface area contributed by atoms with E-state index >= 15 is 0 Å². The van der Waals surface area contributed by atoms with Crippen LogP contribution < -0.4 is 4.18 Å². The summed E-state index contributed by atoms with van der Waals surface area (Å²) in [5.74, 6) is 0.874. The molecule has 1 aliphatic carbocycles. The minimum atomic E-state index is -1.37. The summed E-state index contributed by atoms with van der Waals surface area (Å²) in [7, 11) is 1.35. The van der Waals surface area contributed by atoms with Gasteiger partial charge in [0.1, 0.15) is 5.75 Å². The van der Waals surface area contributed by atoms with E-state index in [2.05, 4.69) is 0 Å². The Morgan fingerprint density at radius 2 is 1.91 bits per heavy atom. The van der Waals surface area contributed by atoms with Gasteiger partial charge in [0.05, 0.1) is 13.7 Å². The molecule has 5 nitrogen and oxygen atoms in total. The molecular formula is C17H22O5S. The van der Waals surface area contributed by atoms with Crippen LogP contribution in [0.5, 0.6) is 5.75 Å². The summed E-state index contributed by atoms with van der Waals surface area (Å²) in [6, 6.07) is 7.10. The van der Waals surface area contributed by atoms with Gasteiger partial charge in [-0.25, -0.2) is 9.00 Å². The van der Waals surface area contributed by atoms with E-state index in [4.69, 9.17) is 13.7 Å². The van der Waals surface area contributed by atoms with Crippen molar-refractivity contribution in [3.63, 3.8) is 0 Å². The summed E-state index contributed by atoms with van der Waals surface area (Å²) in [6.45, 7) is 2.51. The fourth-order valence-electron chi connectivity index (χ4n) is 2.19. The number of rotatable bonds is 8. The molecule has 0 N–H and O–H groups in total. The molecule has 0 bridgehead atoms. The molecule has 2 rings (SSSR count). The summed E-state index contributed by atoms with van der Waals surface area (Å²) in [5.41, 5.74) is 1.65. The second-order valence-corrected chi connectivity index (χ2v) is 6.39. The van der Waals surface area contributed by atoms with Crippen LogP contribution in [-0.4, -0.2) is 30.2 Å². The first kappa shape index (κ1) is 17.5. The van der Waals surface area contributed by atoms with Crippen LogP contribution >= 0.6 is 0 Å². The first-order chi connectivity index (χ1) is 11.0. The minimum Gasteiger partial charge on any atom is -0.486 e. The molecule has 0 aromatic heterocycles. The Labute approximate surface area is 139 Å². The van der Waals surface area contributed by atoms with Gasteiger partial charge in [-0.1, -0.05) is 19.1 Å². The van der Waals surface area contributed by atoms with Gasteiger partial charge in [0.2, 0.25) is 16.8 Å². The van der Waals surface area contributed by atoms with Crippen LogP contribution in [0.2, 0.25) is 0 Å². The van der Waals surface area contributed by atoms with Gasteiger partial charge in [-0.2, -0.15) is 0 Å². The second-order valence-electron chi connectivity index (χ2n) is 5.42. The third-order valence-corrected chi connectivity index (χ3v) is 4.00. The summed E-state index contributed by atoms with van der Waals surface area (Å²) in [5, 5.41) is 0. The van der Waals surface area contributed by atoms with Crippen molar-refractivity contribution in [2.24, 2.45) is 5.92 Å². The Balaban J connectivity index is 2.26. The number of carbonyl (C=O) groups is 1. The highest BCUT2D eigenvalue weighted by Crippen LogP contribution is 2.32. The van der Waals surface area contributed by atoms with Gasteiger partial charge in [-0.15, -0.1) is 0 Å². The molecule has 0 aliphatic heterocycles. The number of hydrogen-bond acceptors (Lipinski definition) is 5. The van der Waals surface area contributed by atoms with E-state index in [1.54, 1.807) is 12.1 Å². The number of methoxy groups -OCH3 is 1. The predicted octanol–water partition coefficient (Wildman–Crippen LogP) is 3.08. The Morgan fingerprint density at radius 3 is 2.39 bits per heavy atom. The predicted molar refractivity (Wildman–Crippen MR) is 89.0 cm³/mol. The molecule has 1 aliphatic rings. The number of hydrogen-bond donors (Lipinski definition) is 0. The monoisotopic (exact) mass is 338 g/mol. The van der Waals surface area contributed by atoms with E-state index in [1.165, 1.54) is 13.4 Å². The summed E-state index contributed by atoms with van der Waals surface area (Å²) in [6.07, 6.45) is 4.40. The lowest BCUT2D eigenvalue weighted by molar-refractivity contribution is -0.140. The molecule has 0 spiro atoms. The van der Waals surface area contributed by atoms with Crippen LogP contribution in [0, 0.1) is 5.92 Å². The van der Waals surface area contributed by atoms with Crippen molar-refractivity contribution in [2.75, 3.05) is 20.0 Å². The maximum absolute atomic E-state index is 12.1. The van der Waals surface area contributed by atoms with Crippen LogP contribution in [0.25, 0.3) is 5.57 Å². The number of esters is 1. The average Bonchev–Trinajstić information content (AvgIpc) is 3.35. The van der Waals surface area contributed by atoms with E-state index in [9.17, 15) is 9.00 Å². The standard InChI is InChI=1S/C17H22O5S/c1-4-15(13-7-9-14(10-8-13)22-23(3)19)16(17(18)20-2)21-11-12-5-6-12/h7-10,12H,4-6,11H2,1-3H3/b16-15-. The lowest BCUT2D eigenvalue weighted by Crippen LogP contribution is -2.12. The SMILES string of the molecule is CC/C(=C(/OCC1CC1)C(=O)OC)c1ccc(OS(C)=O)cc1. The highest BCUT2D eigenvalue weighted by molar-refractivity contribution is 7.79. The summed E-state index contributed by atoms with van der Waals surface area (Å²) in [4.78, 5) is 12.1. The maximum Gasteiger partial charge on any atom is 0.373 e. The molecule has 23 heavy (non-hydrogen) atoms. The highest BCUT2D eigenvalue weighted by Gasteiger charge is 2.25. The first-order valence-electron chi connectivity index (χ1n) is 7.61. The molecule has 0 radical (unpaired) electrons. The zero-order chi connectivity index (χ0) is 16.8. The third-order valence-electron chi connectivity index (χ3n) is 3.58. The molecule has 1 aromatic carbocycles. The average molecular weight is 338 g/mol. The van der Waals surface area contributed by atoms with Gasteiger partial charge in [-0.05, 0) is 42.9 Å². The fraction of sp³-hybridized carbons (Fsp3) is 0.471. The smallest absolute Gasteiger partial charge is 0.373 e. The molecule has 1 fully saturated rings. The molecule has 126 valence electrons. The number of allylic oxidation sites excluding steroid dienone is 1. The lowest BCUT2D eigenvalue weighted by atomic mass is 10.0. The van der Waals surface area contributed by atoms with Gasteiger partial charge >= 0.3 is 5.97 Å². The van der Waals surface area contributed by atoms with Gasteiger partial charge in [-0.3, -0.25) is 0 Å². The molecule has 0 heterocycles. The van der Waals surface area contributed by atoms with Crippen LogP contribution in [0.1, 0.15) is 31.7 Å². The van der Waals surface area contributed by atoms with Crippen LogP contribution in [0.3, 0.4) is 0 Å². The Kier molecular flexibility index (Phi) is 6.21. The van der Waals surface area contributed by atoms with Crippen molar-refractivity contribution < 1.29 is 22.7 Å². The van der Waals surface area contributed by atoms with Crippen molar-refractivity contribution in [2.45, 2.75) is 26.2 Å². The van der Waals surface area contributed by atoms with Crippen molar-refractivity contribution in [1.29, 1.82) is 0 Å². The molecule has 1 saturated carbocycles. The zero-order valence-electron chi connectivity index (χ0n) is 13.7. The largest absolute Gasteiger partial charge is 0.486 e. The van der Waals surface area contributed by atoms with Crippen molar-refractivity contribution in [1.82, 2.24) is 0 Å². The fourth-order valence-corrected chi connectivity index (χ4v) is 2.57. The quantitative estimate of drug-likeness (QED) is 0.414. The van der Waals surface area contributed by atoms with Crippen molar-refractivity contribution >= 4 is 22.6 Å². The van der Waals surface area contributed by atoms with Crippen LogP contribution in [0.15, 0.2) is 30.0 Å². The topological polar surface area (TPSA) is 61.8 Å². The molecule has 1 aromatic rings. The van der Waals surface area contributed by atoms with E-state index in [0.717, 1.165) is 24.0 Å². The molecular weight excluding hydrogens is 316 g/mol. The zero-order valence-corrected chi connectivity index (χ0v) is 14.5.